The molecule has 2 rings (SSSR count). The van der Waals surface area contributed by atoms with Gasteiger partial charge in [0.25, 0.3) is 0 Å². The molecule has 0 radical (unpaired) electrons. The molecule has 1 aliphatic carbocycles. The van der Waals surface area contributed by atoms with Crippen LogP contribution in [0.3, 0.4) is 0 Å². The summed E-state index contributed by atoms with van der Waals surface area (Å²) in [5.74, 6) is -0.704. The molecular weight excluding hydrogens is 274 g/mol. The maximum Gasteiger partial charge on any atom is 0.322 e. The van der Waals surface area contributed by atoms with Crippen molar-refractivity contribution in [2.75, 3.05) is 6.61 Å². The van der Waals surface area contributed by atoms with Crippen molar-refractivity contribution in [3.05, 3.63) is 0 Å². The molecule has 7 nitrogen and oxygen atoms in total. The highest BCUT2D eigenvalue weighted by Gasteiger charge is 2.35. The highest BCUT2D eigenvalue weighted by atomic mass is 16.3. The quantitative estimate of drug-likeness (QED) is 0.557. The standard InChI is InChI=1S/C14H23N3O4/c18-9-14(7-3-1-2-4-8-14)17-12(20)10-5-6-11(19)16-13(21)15-10/h10,18H,1-9H2,(H,17,20)(H2,15,16,19,21). The van der Waals surface area contributed by atoms with Gasteiger partial charge in [-0.15, -0.1) is 0 Å². The molecule has 0 spiro atoms. The molecule has 1 heterocycles. The Bertz CT molecular complexity index is 416. The van der Waals surface area contributed by atoms with Gasteiger partial charge in [-0.3, -0.25) is 14.9 Å². The molecule has 1 atom stereocenters. The number of hydrogen-bond acceptors (Lipinski definition) is 4. The number of hydrogen-bond donors (Lipinski definition) is 4. The molecule has 1 aliphatic heterocycles. The highest BCUT2D eigenvalue weighted by Crippen LogP contribution is 2.27. The molecule has 0 aromatic heterocycles. The fourth-order valence-electron chi connectivity index (χ4n) is 3.00. The zero-order chi connectivity index (χ0) is 15.3. The Balaban J connectivity index is 2.01. The molecule has 2 fully saturated rings. The summed E-state index contributed by atoms with van der Waals surface area (Å²) in [6.45, 7) is -0.101. The van der Waals surface area contributed by atoms with Crippen LogP contribution in [0, 0.1) is 0 Å². The summed E-state index contributed by atoms with van der Waals surface area (Å²) < 4.78 is 0. The number of carbonyl (C=O) groups excluding carboxylic acids is 3. The zero-order valence-corrected chi connectivity index (χ0v) is 12.1. The fraction of sp³-hybridized carbons (Fsp3) is 0.786. The van der Waals surface area contributed by atoms with Crippen molar-refractivity contribution in [3.63, 3.8) is 0 Å². The van der Waals surface area contributed by atoms with E-state index in [1.807, 2.05) is 0 Å². The molecule has 1 saturated heterocycles. The normalized spacial score (nSPS) is 26.0. The summed E-state index contributed by atoms with van der Waals surface area (Å²) in [5.41, 5.74) is -0.595. The fourth-order valence-corrected chi connectivity index (χ4v) is 3.00. The first-order chi connectivity index (χ1) is 10.0. The summed E-state index contributed by atoms with van der Waals surface area (Å²) in [6, 6.07) is -1.38. The van der Waals surface area contributed by atoms with Crippen LogP contribution in [0.5, 0.6) is 0 Å². The Morgan fingerprint density at radius 3 is 2.52 bits per heavy atom. The van der Waals surface area contributed by atoms with E-state index in [1.54, 1.807) is 0 Å². The molecule has 21 heavy (non-hydrogen) atoms. The maximum absolute atomic E-state index is 12.4. The van der Waals surface area contributed by atoms with Gasteiger partial charge in [-0.2, -0.15) is 0 Å². The van der Waals surface area contributed by atoms with Gasteiger partial charge in [0.05, 0.1) is 12.1 Å². The Kier molecular flexibility index (Phi) is 5.17. The van der Waals surface area contributed by atoms with Crippen LogP contribution in [0.2, 0.25) is 0 Å². The summed E-state index contributed by atoms with van der Waals surface area (Å²) >= 11 is 0. The lowest BCUT2D eigenvalue weighted by Gasteiger charge is -2.33. The third-order valence-corrected chi connectivity index (χ3v) is 4.29. The van der Waals surface area contributed by atoms with Crippen molar-refractivity contribution < 1.29 is 19.5 Å². The SMILES string of the molecule is O=C1CCC(C(=O)NC2(CO)CCCCCC2)NC(=O)N1. The lowest BCUT2D eigenvalue weighted by atomic mass is 9.90. The van der Waals surface area contributed by atoms with E-state index >= 15 is 0 Å². The van der Waals surface area contributed by atoms with Crippen LogP contribution in [0.1, 0.15) is 51.4 Å². The molecule has 1 unspecified atom stereocenters. The van der Waals surface area contributed by atoms with Gasteiger partial charge in [0, 0.05) is 6.42 Å². The second-order valence-electron chi connectivity index (χ2n) is 5.95. The second-order valence-corrected chi connectivity index (χ2v) is 5.95. The van der Waals surface area contributed by atoms with E-state index in [2.05, 4.69) is 16.0 Å². The molecule has 4 amide bonds. The van der Waals surface area contributed by atoms with Crippen molar-refractivity contribution in [1.82, 2.24) is 16.0 Å². The maximum atomic E-state index is 12.4. The van der Waals surface area contributed by atoms with E-state index < -0.39 is 17.6 Å². The predicted molar refractivity (Wildman–Crippen MR) is 75.4 cm³/mol. The average molecular weight is 297 g/mol. The van der Waals surface area contributed by atoms with E-state index in [0.717, 1.165) is 38.5 Å². The van der Waals surface area contributed by atoms with E-state index in [0.29, 0.717) is 0 Å². The molecule has 2 aliphatic rings. The molecule has 4 N–H and O–H groups in total. The zero-order valence-electron chi connectivity index (χ0n) is 12.1. The number of rotatable bonds is 3. The molecule has 0 bridgehead atoms. The Morgan fingerprint density at radius 2 is 1.90 bits per heavy atom. The summed E-state index contributed by atoms with van der Waals surface area (Å²) in [6.07, 6.45) is 6.04. The van der Waals surface area contributed by atoms with E-state index in [4.69, 9.17) is 0 Å². The van der Waals surface area contributed by atoms with E-state index in [9.17, 15) is 19.5 Å². The average Bonchev–Trinajstić information content (AvgIpc) is 2.77. The molecule has 118 valence electrons. The van der Waals surface area contributed by atoms with Crippen LogP contribution in [-0.2, 0) is 9.59 Å². The van der Waals surface area contributed by atoms with Gasteiger partial charge in [-0.05, 0) is 19.3 Å². The lowest BCUT2D eigenvalue weighted by Crippen LogP contribution is -2.57. The van der Waals surface area contributed by atoms with Gasteiger partial charge < -0.3 is 15.7 Å². The first kappa shape index (κ1) is 15.8. The smallest absolute Gasteiger partial charge is 0.322 e. The molecule has 0 aromatic carbocycles. The van der Waals surface area contributed by atoms with Crippen molar-refractivity contribution in [2.24, 2.45) is 0 Å². The van der Waals surface area contributed by atoms with Crippen molar-refractivity contribution >= 4 is 17.8 Å². The van der Waals surface area contributed by atoms with Crippen molar-refractivity contribution in [3.8, 4) is 0 Å². The topological polar surface area (TPSA) is 108 Å². The van der Waals surface area contributed by atoms with Gasteiger partial charge >= 0.3 is 6.03 Å². The summed E-state index contributed by atoms with van der Waals surface area (Å²) in [7, 11) is 0. The monoisotopic (exact) mass is 297 g/mol. The molecule has 1 saturated carbocycles. The first-order valence-electron chi connectivity index (χ1n) is 7.58. The van der Waals surface area contributed by atoms with Crippen LogP contribution in [0.4, 0.5) is 4.79 Å². The number of amides is 4. The Morgan fingerprint density at radius 1 is 1.24 bits per heavy atom. The minimum atomic E-state index is -0.733. The van der Waals surface area contributed by atoms with Gasteiger partial charge in [0.15, 0.2) is 0 Å². The Labute approximate surface area is 123 Å². The van der Waals surface area contributed by atoms with Crippen LogP contribution < -0.4 is 16.0 Å². The largest absolute Gasteiger partial charge is 0.394 e. The minimum absolute atomic E-state index is 0.101. The molecule has 7 heteroatoms. The summed E-state index contributed by atoms with van der Waals surface area (Å²) in [4.78, 5) is 35.1. The minimum Gasteiger partial charge on any atom is -0.394 e. The lowest BCUT2D eigenvalue weighted by molar-refractivity contribution is -0.126. The van der Waals surface area contributed by atoms with Crippen molar-refractivity contribution in [1.29, 1.82) is 0 Å². The van der Waals surface area contributed by atoms with Crippen LogP contribution in [0.25, 0.3) is 0 Å². The second kappa shape index (κ2) is 6.89. The van der Waals surface area contributed by atoms with Crippen LogP contribution in [-0.4, -0.2) is 41.1 Å². The summed E-state index contributed by atoms with van der Waals surface area (Å²) in [5, 5.41) is 17.2. The van der Waals surface area contributed by atoms with Crippen LogP contribution >= 0.6 is 0 Å². The van der Waals surface area contributed by atoms with E-state index in [-0.39, 0.29) is 31.3 Å². The van der Waals surface area contributed by atoms with Gasteiger partial charge in [-0.1, -0.05) is 25.7 Å². The van der Waals surface area contributed by atoms with Crippen molar-refractivity contribution in [2.45, 2.75) is 62.9 Å². The van der Waals surface area contributed by atoms with E-state index in [1.165, 1.54) is 0 Å². The third-order valence-electron chi connectivity index (χ3n) is 4.29. The number of aliphatic hydroxyl groups is 1. The predicted octanol–water partition coefficient (Wildman–Crippen LogP) is 0.176. The molecular formula is C14H23N3O4. The number of carbonyl (C=O) groups is 3. The third kappa shape index (κ3) is 4.17. The van der Waals surface area contributed by atoms with Gasteiger partial charge in [0.1, 0.15) is 6.04 Å². The van der Waals surface area contributed by atoms with Gasteiger partial charge in [0.2, 0.25) is 11.8 Å². The molecule has 0 aromatic rings. The number of imide groups is 1. The highest BCUT2D eigenvalue weighted by molar-refractivity contribution is 5.98. The van der Waals surface area contributed by atoms with Crippen LogP contribution in [0.15, 0.2) is 0 Å². The number of aliphatic hydroxyl groups excluding tert-OH is 1. The Hall–Kier alpha value is -1.63. The number of nitrogens with one attached hydrogen (secondary N) is 3. The first-order valence-corrected chi connectivity index (χ1v) is 7.58. The number of urea groups is 1. The van der Waals surface area contributed by atoms with Gasteiger partial charge in [-0.25, -0.2) is 4.79 Å².